The first-order valence-corrected chi connectivity index (χ1v) is 11.7. The molecule has 0 fully saturated rings. The number of benzene rings is 1. The number of Topliss-reactive ketones (excluding diaryl/α,β-unsaturated/α-hetero) is 1. The van der Waals surface area contributed by atoms with Gasteiger partial charge in [0.15, 0.2) is 5.78 Å². The van der Waals surface area contributed by atoms with E-state index in [1.165, 1.54) is 18.9 Å². The lowest BCUT2D eigenvalue weighted by molar-refractivity contribution is -0.142. The summed E-state index contributed by atoms with van der Waals surface area (Å²) in [6.07, 6.45) is 0.894. The number of H-pyrrole nitrogens is 1. The molecule has 1 aromatic heterocycles. The van der Waals surface area contributed by atoms with E-state index in [0.29, 0.717) is 10.9 Å². The third-order valence-corrected chi connectivity index (χ3v) is 5.49. The van der Waals surface area contributed by atoms with Crippen LogP contribution in [0.1, 0.15) is 51.9 Å². The smallest absolute Gasteiger partial charge is 0.410 e. The lowest BCUT2D eigenvalue weighted by atomic mass is 10.00. The summed E-state index contributed by atoms with van der Waals surface area (Å²) in [5, 5.41) is 3.35. The molecule has 1 aromatic carbocycles. The highest BCUT2D eigenvalue weighted by atomic mass is 79.9. The number of aromatic amines is 1. The van der Waals surface area contributed by atoms with Gasteiger partial charge in [-0.15, -0.1) is 0 Å². The largest absolute Gasteiger partial charge is 0.463 e. The number of nitrogens with zero attached hydrogens (tertiary/aromatic N) is 1. The summed E-state index contributed by atoms with van der Waals surface area (Å²) < 4.78 is 11.3. The van der Waals surface area contributed by atoms with Gasteiger partial charge >= 0.3 is 12.1 Å². The zero-order valence-corrected chi connectivity index (χ0v) is 22.1. The predicted octanol–water partition coefficient (Wildman–Crippen LogP) is 4.05. The van der Waals surface area contributed by atoms with Crippen LogP contribution in [0.5, 0.6) is 0 Å². The average Bonchev–Trinajstić information content (AvgIpc) is 3.11. The third-order valence-electron chi connectivity index (χ3n) is 4.99. The lowest BCUT2D eigenvalue weighted by Gasteiger charge is -2.33. The summed E-state index contributed by atoms with van der Waals surface area (Å²) in [4.78, 5) is 54.9. The molecular weight excluding hydrogens is 506 g/mol. The molecular formula is C24H32BrN3O6. The summed E-state index contributed by atoms with van der Waals surface area (Å²) in [7, 11) is 1.47. The minimum absolute atomic E-state index is 0.285. The minimum atomic E-state index is -1.15. The van der Waals surface area contributed by atoms with E-state index >= 15 is 0 Å². The van der Waals surface area contributed by atoms with Crippen LogP contribution in [0.15, 0.2) is 28.9 Å². The SMILES string of the molecule is CC(=O)OC[C@@H](NC(=O)[C@H](C(C)C)N(C)C(=O)OC(C)(C)C)C(=O)c1c[nH]c2cc(Br)ccc12. The van der Waals surface area contributed by atoms with Crippen LogP contribution in [0.2, 0.25) is 0 Å². The predicted molar refractivity (Wildman–Crippen MR) is 132 cm³/mol. The first kappa shape index (κ1) is 27.4. The summed E-state index contributed by atoms with van der Waals surface area (Å²) in [6, 6.07) is 3.35. The van der Waals surface area contributed by atoms with Gasteiger partial charge in [-0.2, -0.15) is 0 Å². The molecule has 0 spiro atoms. The Morgan fingerprint density at radius 1 is 1.18 bits per heavy atom. The first-order valence-electron chi connectivity index (χ1n) is 10.9. The van der Waals surface area contributed by atoms with Gasteiger partial charge in [0.25, 0.3) is 0 Å². The van der Waals surface area contributed by atoms with E-state index < -0.39 is 41.4 Å². The average molecular weight is 538 g/mol. The zero-order valence-electron chi connectivity index (χ0n) is 20.5. The molecule has 0 aliphatic rings. The molecule has 2 aromatic rings. The standard InChI is InChI=1S/C24H32BrN3O6/c1-13(2)20(28(7)23(32)34-24(4,5)6)22(31)27-19(12-33-14(3)29)21(30)17-11-26-18-10-15(25)8-9-16(17)18/h8-11,13,19-20,26H,12H2,1-7H3,(H,27,31)/t19-,20+/m1/s1. The number of carbonyl (C=O) groups is 4. The van der Waals surface area contributed by atoms with Gasteiger partial charge in [0.05, 0.1) is 0 Å². The van der Waals surface area contributed by atoms with Crippen molar-refractivity contribution in [3.05, 3.63) is 34.4 Å². The second-order valence-electron chi connectivity index (χ2n) is 9.40. The fraction of sp³-hybridized carbons (Fsp3) is 0.500. The van der Waals surface area contributed by atoms with Gasteiger partial charge in [-0.05, 0) is 38.8 Å². The molecule has 0 radical (unpaired) electrons. The molecule has 0 saturated carbocycles. The first-order chi connectivity index (χ1) is 15.7. The number of likely N-dealkylation sites (N-methyl/N-ethyl adjacent to an activating group) is 1. The number of carbonyl (C=O) groups excluding carboxylic acids is 4. The van der Waals surface area contributed by atoms with E-state index in [9.17, 15) is 19.2 Å². The van der Waals surface area contributed by atoms with Crippen molar-refractivity contribution in [2.24, 2.45) is 5.92 Å². The summed E-state index contributed by atoms with van der Waals surface area (Å²) in [5.41, 5.74) is 0.350. The molecule has 0 aliphatic heterocycles. The molecule has 186 valence electrons. The number of hydrogen-bond acceptors (Lipinski definition) is 6. The number of fused-ring (bicyclic) bond motifs is 1. The van der Waals surface area contributed by atoms with Crippen molar-refractivity contribution < 1.29 is 28.7 Å². The van der Waals surface area contributed by atoms with Gasteiger partial charge in [-0.25, -0.2) is 4.79 Å². The molecule has 2 amide bonds. The zero-order chi connectivity index (χ0) is 25.8. The van der Waals surface area contributed by atoms with Crippen molar-refractivity contribution in [2.45, 2.75) is 59.2 Å². The fourth-order valence-corrected chi connectivity index (χ4v) is 3.87. The van der Waals surface area contributed by atoms with Gasteiger partial charge in [-0.3, -0.25) is 19.3 Å². The van der Waals surface area contributed by atoms with Gasteiger partial charge < -0.3 is 19.8 Å². The number of amides is 2. The van der Waals surface area contributed by atoms with Crippen LogP contribution in [0, 0.1) is 5.92 Å². The van der Waals surface area contributed by atoms with Crippen molar-refractivity contribution >= 4 is 50.6 Å². The second kappa shape index (κ2) is 11.0. The molecule has 2 N–H and O–H groups in total. The van der Waals surface area contributed by atoms with Crippen LogP contribution in [0.3, 0.4) is 0 Å². The van der Waals surface area contributed by atoms with Crippen molar-refractivity contribution in [1.82, 2.24) is 15.2 Å². The fourth-order valence-electron chi connectivity index (χ4n) is 3.50. The van der Waals surface area contributed by atoms with Crippen molar-refractivity contribution in [3.8, 4) is 0 Å². The summed E-state index contributed by atoms with van der Waals surface area (Å²) in [5.74, 6) is -1.85. The molecule has 0 saturated heterocycles. The van der Waals surface area contributed by atoms with Crippen LogP contribution in [0.4, 0.5) is 4.79 Å². The highest BCUT2D eigenvalue weighted by Gasteiger charge is 2.35. The van der Waals surface area contributed by atoms with Gasteiger partial charge in [0, 0.05) is 41.1 Å². The Balaban J connectivity index is 2.32. The molecule has 0 unspecified atom stereocenters. The number of halogens is 1. The van der Waals surface area contributed by atoms with Crippen LogP contribution in [0.25, 0.3) is 10.9 Å². The number of nitrogens with one attached hydrogen (secondary N) is 2. The molecule has 1 heterocycles. The Hall–Kier alpha value is -2.88. The minimum Gasteiger partial charge on any atom is -0.463 e. The number of hydrogen-bond donors (Lipinski definition) is 2. The van der Waals surface area contributed by atoms with Crippen molar-refractivity contribution in [3.63, 3.8) is 0 Å². The number of aromatic nitrogens is 1. The molecule has 34 heavy (non-hydrogen) atoms. The second-order valence-corrected chi connectivity index (χ2v) is 10.3. The molecule has 0 bridgehead atoms. The molecule has 0 aliphatic carbocycles. The number of rotatable bonds is 8. The van der Waals surface area contributed by atoms with Crippen LogP contribution in [-0.2, 0) is 19.1 Å². The highest BCUT2D eigenvalue weighted by Crippen LogP contribution is 2.24. The van der Waals surface area contributed by atoms with Crippen molar-refractivity contribution in [1.29, 1.82) is 0 Å². The van der Waals surface area contributed by atoms with Gasteiger partial charge in [-0.1, -0.05) is 35.8 Å². The number of esters is 1. The third kappa shape index (κ3) is 7.06. The monoisotopic (exact) mass is 537 g/mol. The van der Waals surface area contributed by atoms with Crippen LogP contribution in [-0.4, -0.2) is 65.0 Å². The molecule has 2 atom stereocenters. The molecule has 9 nitrogen and oxygen atoms in total. The maximum Gasteiger partial charge on any atom is 0.410 e. The molecule has 2 rings (SSSR count). The topological polar surface area (TPSA) is 118 Å². The Labute approximate surface area is 207 Å². The van der Waals surface area contributed by atoms with Gasteiger partial charge in [0.1, 0.15) is 24.3 Å². The maximum absolute atomic E-state index is 13.4. The van der Waals surface area contributed by atoms with E-state index in [1.807, 2.05) is 6.07 Å². The molecule has 10 heteroatoms. The van der Waals surface area contributed by atoms with E-state index in [0.717, 1.165) is 9.99 Å². The van der Waals surface area contributed by atoms with E-state index in [-0.39, 0.29) is 12.5 Å². The van der Waals surface area contributed by atoms with E-state index in [2.05, 4.69) is 26.2 Å². The highest BCUT2D eigenvalue weighted by molar-refractivity contribution is 9.10. The number of ether oxygens (including phenoxy) is 2. The van der Waals surface area contributed by atoms with Crippen LogP contribution >= 0.6 is 15.9 Å². The van der Waals surface area contributed by atoms with Crippen LogP contribution < -0.4 is 5.32 Å². The van der Waals surface area contributed by atoms with E-state index in [4.69, 9.17) is 9.47 Å². The Kier molecular flexibility index (Phi) is 8.88. The van der Waals surface area contributed by atoms with Crippen molar-refractivity contribution in [2.75, 3.05) is 13.7 Å². The quantitative estimate of drug-likeness (QED) is 0.387. The maximum atomic E-state index is 13.4. The Morgan fingerprint density at radius 3 is 2.38 bits per heavy atom. The summed E-state index contributed by atoms with van der Waals surface area (Å²) >= 11 is 3.39. The normalized spacial score (nSPS) is 13.3. The summed E-state index contributed by atoms with van der Waals surface area (Å²) in [6.45, 7) is 9.64. The van der Waals surface area contributed by atoms with Gasteiger partial charge in [0.2, 0.25) is 5.91 Å². The van der Waals surface area contributed by atoms with E-state index in [1.54, 1.807) is 52.9 Å². The Bertz CT molecular complexity index is 1070. The Morgan fingerprint density at radius 2 is 1.82 bits per heavy atom. The number of ketones is 1. The lowest BCUT2D eigenvalue weighted by Crippen LogP contribution is -2.55.